The monoisotopic (exact) mass is 266 g/mol. The zero-order valence-electron chi connectivity index (χ0n) is 12.1. The number of aromatic nitrogens is 2. The number of nitrogens with zero attached hydrogens (tertiary/aromatic N) is 2. The molecule has 3 N–H and O–H groups in total. The average molecular weight is 266 g/mol. The Kier molecular flexibility index (Phi) is 4.96. The van der Waals surface area contributed by atoms with Crippen LogP contribution in [0.4, 0.5) is 0 Å². The number of hydrogen-bond donors (Lipinski definition) is 2. The molecule has 1 aliphatic carbocycles. The van der Waals surface area contributed by atoms with E-state index in [4.69, 9.17) is 10.6 Å². The fraction of sp³-hybridized carbons (Fsp3) is 0.786. The number of hydrogen-bond acceptors (Lipinski definition) is 4. The van der Waals surface area contributed by atoms with Gasteiger partial charge >= 0.3 is 0 Å². The van der Waals surface area contributed by atoms with Crippen LogP contribution in [0.2, 0.25) is 0 Å². The lowest BCUT2D eigenvalue weighted by Gasteiger charge is -2.34. The van der Waals surface area contributed by atoms with E-state index in [0.29, 0.717) is 0 Å². The number of hydrazine groups is 1. The molecule has 1 aromatic heterocycles. The van der Waals surface area contributed by atoms with E-state index in [0.717, 1.165) is 19.6 Å². The van der Waals surface area contributed by atoms with Gasteiger partial charge in [0, 0.05) is 26.5 Å². The Labute approximate surface area is 115 Å². The topological polar surface area (TPSA) is 65.1 Å². The third-order valence-corrected chi connectivity index (χ3v) is 4.37. The van der Waals surface area contributed by atoms with E-state index in [1.165, 1.54) is 31.4 Å². The van der Waals surface area contributed by atoms with Crippen molar-refractivity contribution in [3.05, 3.63) is 18.0 Å². The molecule has 0 saturated heterocycles. The molecule has 2 rings (SSSR count). The summed E-state index contributed by atoms with van der Waals surface area (Å²) in [6.45, 7) is 3.97. The van der Waals surface area contributed by atoms with Crippen molar-refractivity contribution in [2.45, 2.75) is 51.6 Å². The molecule has 1 saturated carbocycles. The number of ether oxygens (including phenoxy) is 1. The third kappa shape index (κ3) is 3.16. The van der Waals surface area contributed by atoms with E-state index in [1.807, 2.05) is 6.20 Å². The van der Waals surface area contributed by atoms with Gasteiger partial charge in [0.05, 0.1) is 11.7 Å². The van der Waals surface area contributed by atoms with Crippen molar-refractivity contribution in [3.8, 4) is 0 Å². The molecule has 0 aliphatic heterocycles. The molecule has 0 bridgehead atoms. The normalized spacial score (nSPS) is 19.7. The van der Waals surface area contributed by atoms with Crippen LogP contribution in [-0.4, -0.2) is 23.5 Å². The standard InChI is InChI=1S/C14H26N4O/c1-14(7-3-4-8-14)13(17-15)12-6-9-16-18(12)10-5-11-19-2/h6,9,13,17H,3-5,7-8,10-11,15H2,1-2H3. The van der Waals surface area contributed by atoms with E-state index in [9.17, 15) is 0 Å². The van der Waals surface area contributed by atoms with Crippen molar-refractivity contribution in [3.63, 3.8) is 0 Å². The highest BCUT2D eigenvalue weighted by molar-refractivity contribution is 5.12. The first-order valence-corrected chi connectivity index (χ1v) is 7.18. The molecule has 0 radical (unpaired) electrons. The lowest BCUT2D eigenvalue weighted by atomic mass is 9.79. The third-order valence-electron chi connectivity index (χ3n) is 4.37. The van der Waals surface area contributed by atoms with Crippen molar-refractivity contribution in [1.29, 1.82) is 0 Å². The fourth-order valence-corrected chi connectivity index (χ4v) is 3.25. The first-order chi connectivity index (χ1) is 9.21. The highest BCUT2D eigenvalue weighted by Crippen LogP contribution is 2.46. The zero-order valence-corrected chi connectivity index (χ0v) is 12.1. The molecule has 108 valence electrons. The summed E-state index contributed by atoms with van der Waals surface area (Å²) in [6, 6.07) is 2.26. The van der Waals surface area contributed by atoms with E-state index in [-0.39, 0.29) is 11.5 Å². The summed E-state index contributed by atoms with van der Waals surface area (Å²) in [5.74, 6) is 5.84. The highest BCUT2D eigenvalue weighted by atomic mass is 16.5. The molecule has 5 heteroatoms. The summed E-state index contributed by atoms with van der Waals surface area (Å²) in [6.07, 6.45) is 7.89. The van der Waals surface area contributed by atoms with E-state index >= 15 is 0 Å². The Morgan fingerprint density at radius 2 is 2.26 bits per heavy atom. The molecule has 1 unspecified atom stereocenters. The molecular formula is C14H26N4O. The molecule has 1 aliphatic rings. The van der Waals surface area contributed by atoms with Crippen molar-refractivity contribution in [2.24, 2.45) is 11.3 Å². The van der Waals surface area contributed by atoms with Gasteiger partial charge in [-0.2, -0.15) is 5.10 Å². The Morgan fingerprint density at radius 3 is 2.89 bits per heavy atom. The van der Waals surface area contributed by atoms with Gasteiger partial charge in [0.25, 0.3) is 0 Å². The maximum absolute atomic E-state index is 5.84. The Morgan fingerprint density at radius 1 is 1.53 bits per heavy atom. The summed E-state index contributed by atoms with van der Waals surface area (Å²) in [7, 11) is 1.73. The summed E-state index contributed by atoms with van der Waals surface area (Å²) < 4.78 is 7.17. The largest absolute Gasteiger partial charge is 0.385 e. The summed E-state index contributed by atoms with van der Waals surface area (Å²) in [5, 5.41) is 4.42. The zero-order chi connectivity index (χ0) is 13.7. The predicted octanol–water partition coefficient (Wildman–Crippen LogP) is 2.00. The number of aryl methyl sites for hydroxylation is 1. The number of methoxy groups -OCH3 is 1. The number of rotatable bonds is 7. The van der Waals surface area contributed by atoms with E-state index in [2.05, 4.69) is 28.2 Å². The molecule has 0 spiro atoms. The molecular weight excluding hydrogens is 240 g/mol. The fourth-order valence-electron chi connectivity index (χ4n) is 3.25. The van der Waals surface area contributed by atoms with Crippen LogP contribution >= 0.6 is 0 Å². The van der Waals surface area contributed by atoms with Crippen LogP contribution in [0.3, 0.4) is 0 Å². The van der Waals surface area contributed by atoms with Crippen LogP contribution in [0, 0.1) is 5.41 Å². The predicted molar refractivity (Wildman–Crippen MR) is 75.4 cm³/mol. The van der Waals surface area contributed by atoms with Gasteiger partial charge in [-0.1, -0.05) is 19.8 Å². The van der Waals surface area contributed by atoms with Gasteiger partial charge in [-0.25, -0.2) is 0 Å². The summed E-state index contributed by atoms with van der Waals surface area (Å²) in [5.41, 5.74) is 4.47. The van der Waals surface area contributed by atoms with E-state index in [1.54, 1.807) is 7.11 Å². The SMILES string of the molecule is COCCCn1nccc1C(NN)C1(C)CCCC1. The minimum Gasteiger partial charge on any atom is -0.385 e. The molecule has 1 heterocycles. The highest BCUT2D eigenvalue weighted by Gasteiger charge is 2.38. The molecule has 1 aromatic rings. The molecule has 5 nitrogen and oxygen atoms in total. The van der Waals surface area contributed by atoms with Gasteiger partial charge in [0.1, 0.15) is 0 Å². The minimum absolute atomic E-state index is 0.181. The second kappa shape index (κ2) is 6.50. The van der Waals surface area contributed by atoms with Crippen LogP contribution in [-0.2, 0) is 11.3 Å². The first kappa shape index (κ1) is 14.5. The summed E-state index contributed by atoms with van der Waals surface area (Å²) >= 11 is 0. The lowest BCUT2D eigenvalue weighted by molar-refractivity contribution is 0.184. The minimum atomic E-state index is 0.181. The van der Waals surface area contributed by atoms with Crippen LogP contribution < -0.4 is 11.3 Å². The van der Waals surface area contributed by atoms with Crippen molar-refractivity contribution in [1.82, 2.24) is 15.2 Å². The van der Waals surface area contributed by atoms with Crippen LogP contribution in [0.1, 0.15) is 50.8 Å². The average Bonchev–Trinajstić information content (AvgIpc) is 3.01. The van der Waals surface area contributed by atoms with Gasteiger partial charge in [-0.05, 0) is 30.7 Å². The molecule has 1 fully saturated rings. The quantitative estimate of drug-likeness (QED) is 0.450. The van der Waals surface area contributed by atoms with Gasteiger partial charge in [-0.15, -0.1) is 0 Å². The smallest absolute Gasteiger partial charge is 0.0682 e. The van der Waals surface area contributed by atoms with Gasteiger partial charge in [0.15, 0.2) is 0 Å². The van der Waals surface area contributed by atoms with E-state index < -0.39 is 0 Å². The Bertz CT molecular complexity index is 385. The number of nitrogens with two attached hydrogens (primary N) is 1. The second-order valence-corrected chi connectivity index (χ2v) is 5.79. The molecule has 19 heavy (non-hydrogen) atoms. The van der Waals surface area contributed by atoms with Crippen LogP contribution in [0.25, 0.3) is 0 Å². The van der Waals surface area contributed by atoms with Crippen LogP contribution in [0.15, 0.2) is 12.3 Å². The number of nitrogens with one attached hydrogen (secondary N) is 1. The maximum atomic E-state index is 5.84. The molecule has 0 aromatic carbocycles. The Hall–Kier alpha value is -0.910. The summed E-state index contributed by atoms with van der Waals surface area (Å²) in [4.78, 5) is 0. The maximum Gasteiger partial charge on any atom is 0.0682 e. The lowest BCUT2D eigenvalue weighted by Crippen LogP contribution is -2.40. The van der Waals surface area contributed by atoms with Crippen molar-refractivity contribution >= 4 is 0 Å². The van der Waals surface area contributed by atoms with Crippen LogP contribution in [0.5, 0.6) is 0 Å². The first-order valence-electron chi connectivity index (χ1n) is 7.18. The molecule has 0 amide bonds. The van der Waals surface area contributed by atoms with Gasteiger partial charge < -0.3 is 4.74 Å². The molecule has 1 atom stereocenters. The van der Waals surface area contributed by atoms with Crippen molar-refractivity contribution < 1.29 is 4.74 Å². The van der Waals surface area contributed by atoms with Gasteiger partial charge in [0.2, 0.25) is 0 Å². The second-order valence-electron chi connectivity index (χ2n) is 5.79. The van der Waals surface area contributed by atoms with Gasteiger partial charge in [-0.3, -0.25) is 16.0 Å². The Balaban J connectivity index is 2.12. The van der Waals surface area contributed by atoms with Crippen molar-refractivity contribution in [2.75, 3.05) is 13.7 Å².